The molecule has 21 heavy (non-hydrogen) atoms. The molecule has 3 aromatic rings. The van der Waals surface area contributed by atoms with Gasteiger partial charge in [0.2, 0.25) is 0 Å². The van der Waals surface area contributed by atoms with E-state index in [0.717, 1.165) is 16.5 Å². The Morgan fingerprint density at radius 1 is 1.29 bits per heavy atom. The molecule has 5 nitrogen and oxygen atoms in total. The van der Waals surface area contributed by atoms with Crippen LogP contribution in [-0.4, -0.2) is 35.0 Å². The Balaban J connectivity index is 2.56. The van der Waals surface area contributed by atoms with Crippen molar-refractivity contribution >= 4 is 28.0 Å². The van der Waals surface area contributed by atoms with E-state index in [4.69, 9.17) is 4.42 Å². The first-order chi connectivity index (χ1) is 9.97. The van der Waals surface area contributed by atoms with Gasteiger partial charge in [-0.3, -0.25) is 0 Å². The molecule has 1 aromatic carbocycles. The van der Waals surface area contributed by atoms with Crippen molar-refractivity contribution in [3.8, 4) is 5.95 Å². The second-order valence-corrected chi connectivity index (χ2v) is 5.23. The maximum absolute atomic E-state index is 12.0. The Hall–Kier alpha value is -2.69. The van der Waals surface area contributed by atoms with Crippen LogP contribution in [0.25, 0.3) is 21.8 Å². The molecule has 0 unspecified atom stereocenters. The summed E-state index contributed by atoms with van der Waals surface area (Å²) in [6.07, 6.45) is 1.68. The highest BCUT2D eigenvalue weighted by Crippen LogP contribution is 2.25. The number of pyridine rings is 1. The second kappa shape index (κ2) is 4.70. The topological polar surface area (TPSA) is 66.3 Å². The first-order valence-electron chi connectivity index (χ1n) is 6.55. The van der Waals surface area contributed by atoms with Gasteiger partial charge in [-0.05, 0) is 18.6 Å². The number of para-hydroxylation sites is 1. The third kappa shape index (κ3) is 2.16. The Labute approximate surface area is 120 Å². The van der Waals surface area contributed by atoms with Crippen LogP contribution in [0.1, 0.15) is 11.1 Å². The summed E-state index contributed by atoms with van der Waals surface area (Å²) in [5.41, 5.74) is 2.08. The quantitative estimate of drug-likeness (QED) is 0.421. The molecule has 2 aromatic heterocycles. The van der Waals surface area contributed by atoms with Crippen molar-refractivity contribution in [3.05, 3.63) is 45.8 Å². The number of aromatic nitrogens is 1. The largest absolute Gasteiger partial charge is 0.480 e. The van der Waals surface area contributed by atoms with E-state index in [1.165, 1.54) is 0 Å². The van der Waals surface area contributed by atoms with E-state index < -0.39 is 11.6 Å². The van der Waals surface area contributed by atoms with Crippen LogP contribution in [0, 0.1) is 6.92 Å². The highest BCUT2D eigenvalue weighted by molar-refractivity contribution is 6.02. The molecular weight excluding hydrogens is 268 g/mol. The predicted molar refractivity (Wildman–Crippen MR) is 81.5 cm³/mol. The van der Waals surface area contributed by atoms with E-state index in [1.807, 2.05) is 39.2 Å². The minimum Gasteiger partial charge on any atom is -0.480 e. The molecule has 106 valence electrons. The van der Waals surface area contributed by atoms with E-state index in [1.54, 1.807) is 16.9 Å². The molecule has 0 spiro atoms. The Morgan fingerprint density at radius 3 is 2.76 bits per heavy atom. The third-order valence-corrected chi connectivity index (χ3v) is 3.33. The van der Waals surface area contributed by atoms with E-state index in [0.29, 0.717) is 16.5 Å². The van der Waals surface area contributed by atoms with Gasteiger partial charge in [0.1, 0.15) is 19.7 Å². The number of aromatic hydroxyl groups is 1. The van der Waals surface area contributed by atoms with Crippen LogP contribution < -0.4 is 5.63 Å². The number of benzene rings is 1. The molecule has 0 saturated carbocycles. The molecule has 0 fully saturated rings. The van der Waals surface area contributed by atoms with Crippen LogP contribution in [0.15, 0.2) is 33.5 Å². The summed E-state index contributed by atoms with van der Waals surface area (Å²) >= 11 is 0. The number of aryl methyl sites for hydroxylation is 1. The molecule has 1 N–H and O–H groups in total. The molecule has 5 heteroatoms. The van der Waals surface area contributed by atoms with Crippen LogP contribution in [-0.2, 0) is 0 Å². The van der Waals surface area contributed by atoms with E-state index >= 15 is 0 Å². The summed E-state index contributed by atoms with van der Waals surface area (Å²) in [5.74, 6) is -0.415. The van der Waals surface area contributed by atoms with Crippen molar-refractivity contribution in [2.75, 3.05) is 14.1 Å². The molecule has 0 aliphatic carbocycles. The van der Waals surface area contributed by atoms with Crippen molar-refractivity contribution in [1.82, 2.24) is 4.98 Å². The minimum atomic E-state index is -0.589. The van der Waals surface area contributed by atoms with Gasteiger partial charge in [0.15, 0.2) is 6.21 Å². The zero-order valence-electron chi connectivity index (χ0n) is 12.0. The highest BCUT2D eigenvalue weighted by Gasteiger charge is 2.17. The molecular formula is C16H15N2O3+. The summed E-state index contributed by atoms with van der Waals surface area (Å²) in [6, 6.07) is 7.53. The number of fused-ring (bicyclic) bond motifs is 2. The molecule has 0 atom stereocenters. The number of hydrogen-bond acceptors (Lipinski definition) is 4. The fraction of sp³-hybridized carbons (Fsp3) is 0.188. The zero-order valence-corrected chi connectivity index (χ0v) is 12.0. The Kier molecular flexibility index (Phi) is 2.97. The zero-order chi connectivity index (χ0) is 15.1. The molecule has 0 bridgehead atoms. The fourth-order valence-corrected chi connectivity index (χ4v) is 2.38. The van der Waals surface area contributed by atoms with Gasteiger partial charge in [-0.2, -0.15) is 0 Å². The maximum Gasteiger partial charge on any atom is 0.348 e. The van der Waals surface area contributed by atoms with Crippen LogP contribution in [0.5, 0.6) is 5.95 Å². The molecule has 3 rings (SSSR count). The number of nitrogens with zero attached hydrogens (tertiary/aromatic N) is 2. The van der Waals surface area contributed by atoms with Gasteiger partial charge in [0, 0.05) is 5.39 Å². The van der Waals surface area contributed by atoms with Crippen LogP contribution in [0.3, 0.4) is 0 Å². The van der Waals surface area contributed by atoms with E-state index in [2.05, 4.69) is 4.98 Å². The van der Waals surface area contributed by atoms with Gasteiger partial charge in [0.25, 0.3) is 0 Å². The lowest BCUT2D eigenvalue weighted by atomic mass is 10.1. The molecule has 2 heterocycles. The first-order valence-corrected chi connectivity index (χ1v) is 6.55. The van der Waals surface area contributed by atoms with E-state index in [-0.39, 0.29) is 0 Å². The maximum atomic E-state index is 12.0. The van der Waals surface area contributed by atoms with Crippen molar-refractivity contribution in [2.24, 2.45) is 0 Å². The van der Waals surface area contributed by atoms with Gasteiger partial charge in [-0.25, -0.2) is 14.4 Å². The summed E-state index contributed by atoms with van der Waals surface area (Å²) in [5, 5.41) is 11.1. The van der Waals surface area contributed by atoms with Crippen molar-refractivity contribution < 1.29 is 14.1 Å². The van der Waals surface area contributed by atoms with Crippen LogP contribution >= 0.6 is 0 Å². The van der Waals surface area contributed by atoms with Gasteiger partial charge >= 0.3 is 11.6 Å². The highest BCUT2D eigenvalue weighted by atomic mass is 16.5. The Morgan fingerprint density at radius 2 is 2.05 bits per heavy atom. The molecule has 0 saturated heterocycles. The summed E-state index contributed by atoms with van der Waals surface area (Å²) in [7, 11) is 3.64. The fourth-order valence-electron chi connectivity index (χ4n) is 2.38. The van der Waals surface area contributed by atoms with Crippen LogP contribution in [0.2, 0.25) is 0 Å². The monoisotopic (exact) mass is 283 g/mol. The van der Waals surface area contributed by atoms with Crippen molar-refractivity contribution in [2.45, 2.75) is 6.92 Å². The third-order valence-electron chi connectivity index (χ3n) is 3.33. The lowest BCUT2D eigenvalue weighted by molar-refractivity contribution is -0.458. The summed E-state index contributed by atoms with van der Waals surface area (Å²) < 4.78 is 6.67. The lowest BCUT2D eigenvalue weighted by Crippen LogP contribution is -2.07. The van der Waals surface area contributed by atoms with E-state index in [9.17, 15) is 9.90 Å². The van der Waals surface area contributed by atoms with Gasteiger partial charge in [-0.15, -0.1) is 0 Å². The van der Waals surface area contributed by atoms with Gasteiger partial charge in [0.05, 0.1) is 16.4 Å². The van der Waals surface area contributed by atoms with Crippen molar-refractivity contribution in [1.29, 1.82) is 0 Å². The van der Waals surface area contributed by atoms with Crippen molar-refractivity contribution in [3.63, 3.8) is 0 Å². The number of rotatable bonds is 1. The minimum absolute atomic E-state index is 0.360. The average Bonchev–Trinajstić information content (AvgIpc) is 2.42. The number of hydrogen-bond donors (Lipinski definition) is 1. The molecule has 0 radical (unpaired) electrons. The van der Waals surface area contributed by atoms with Gasteiger partial charge < -0.3 is 9.52 Å². The normalized spacial score (nSPS) is 11.0. The lowest BCUT2D eigenvalue weighted by Gasteiger charge is -2.05. The molecule has 0 aliphatic rings. The standard InChI is InChI=1S/C16H14N2O3/c1-9-5-4-6-10-7-11-14(17-13(9)10)12(8-18(2)3)16(20)21-15(11)19/h4-8H,1-3H3/p+1. The summed E-state index contributed by atoms with van der Waals surface area (Å²) in [6.45, 7) is 1.96. The predicted octanol–water partition coefficient (Wildman–Crippen LogP) is 2.05. The average molecular weight is 283 g/mol. The molecule has 0 amide bonds. The van der Waals surface area contributed by atoms with Gasteiger partial charge in [-0.1, -0.05) is 18.2 Å². The SMILES string of the molecule is Cc1cccc2cc3c(=O)oc(O)c(C=[N+](C)C)c3nc12. The Bertz CT molecular complexity index is 951. The second-order valence-electron chi connectivity index (χ2n) is 5.23. The smallest absolute Gasteiger partial charge is 0.348 e. The summed E-state index contributed by atoms with van der Waals surface area (Å²) in [4.78, 5) is 16.5. The first kappa shape index (κ1) is 13.3. The van der Waals surface area contributed by atoms with Crippen LogP contribution in [0.4, 0.5) is 0 Å². The molecule has 0 aliphatic heterocycles.